The SMILES string of the molecule is CCc1ccc(NC(=O)COC(=O)[C@@H]2CC(=O)N(c3ccc(C)c([N+](=O)[O-])c3)C2)cc1. The molecule has 2 amide bonds. The Bertz CT molecular complexity index is 1020. The van der Waals surface area contributed by atoms with E-state index in [1.807, 2.05) is 19.1 Å². The number of ether oxygens (including phenoxy) is 1. The van der Waals surface area contributed by atoms with E-state index in [1.165, 1.54) is 11.0 Å². The number of nitrogens with zero attached hydrogens (tertiary/aromatic N) is 2. The zero-order valence-corrected chi connectivity index (χ0v) is 17.3. The quantitative estimate of drug-likeness (QED) is 0.414. The van der Waals surface area contributed by atoms with E-state index in [9.17, 15) is 24.5 Å². The number of nitro groups is 1. The fourth-order valence-corrected chi connectivity index (χ4v) is 3.35. The maximum Gasteiger partial charge on any atom is 0.311 e. The van der Waals surface area contributed by atoms with Crippen LogP contribution in [0.25, 0.3) is 0 Å². The molecule has 1 fully saturated rings. The number of nitro benzene ring substituents is 1. The van der Waals surface area contributed by atoms with Gasteiger partial charge in [-0.25, -0.2) is 0 Å². The highest BCUT2D eigenvalue weighted by Crippen LogP contribution is 2.30. The lowest BCUT2D eigenvalue weighted by atomic mass is 10.1. The Morgan fingerprint density at radius 1 is 1.23 bits per heavy atom. The van der Waals surface area contributed by atoms with Gasteiger partial charge in [-0.05, 0) is 37.1 Å². The standard InChI is InChI=1S/C22H23N3O6/c1-3-15-5-7-17(8-6-15)23-20(26)13-31-22(28)16-10-21(27)24(12-16)18-9-4-14(2)19(11-18)25(29)30/h4-9,11,16H,3,10,12-13H2,1-2H3,(H,23,26)/t16-/m1/s1. The van der Waals surface area contributed by atoms with E-state index in [1.54, 1.807) is 31.2 Å². The van der Waals surface area contributed by atoms with Gasteiger partial charge in [-0.2, -0.15) is 0 Å². The third-order valence-electron chi connectivity index (χ3n) is 5.15. The Balaban J connectivity index is 1.55. The van der Waals surface area contributed by atoms with Gasteiger partial charge in [0.05, 0.1) is 16.5 Å². The molecule has 2 aromatic rings. The average molecular weight is 425 g/mol. The molecule has 1 aliphatic rings. The van der Waals surface area contributed by atoms with Crippen molar-refractivity contribution in [1.29, 1.82) is 0 Å². The molecule has 0 radical (unpaired) electrons. The maximum absolute atomic E-state index is 12.4. The molecule has 9 heteroatoms. The molecule has 9 nitrogen and oxygen atoms in total. The lowest BCUT2D eigenvalue weighted by molar-refractivity contribution is -0.385. The van der Waals surface area contributed by atoms with Crippen LogP contribution < -0.4 is 10.2 Å². The van der Waals surface area contributed by atoms with Crippen molar-refractivity contribution in [2.24, 2.45) is 5.92 Å². The number of anilines is 2. The van der Waals surface area contributed by atoms with Crippen molar-refractivity contribution >= 4 is 34.8 Å². The predicted molar refractivity (Wildman–Crippen MR) is 114 cm³/mol. The fourth-order valence-electron chi connectivity index (χ4n) is 3.35. The first-order valence-corrected chi connectivity index (χ1v) is 9.89. The Hall–Kier alpha value is -3.75. The van der Waals surface area contributed by atoms with E-state index < -0.39 is 29.3 Å². The van der Waals surface area contributed by atoms with E-state index in [0.29, 0.717) is 16.9 Å². The highest BCUT2D eigenvalue weighted by Gasteiger charge is 2.37. The van der Waals surface area contributed by atoms with Crippen molar-refractivity contribution in [3.63, 3.8) is 0 Å². The van der Waals surface area contributed by atoms with Crippen LogP contribution in [-0.4, -0.2) is 35.9 Å². The smallest absolute Gasteiger partial charge is 0.311 e. The van der Waals surface area contributed by atoms with E-state index in [4.69, 9.17) is 4.74 Å². The van der Waals surface area contributed by atoms with Crippen LogP contribution in [-0.2, 0) is 25.5 Å². The summed E-state index contributed by atoms with van der Waals surface area (Å²) in [7, 11) is 0. The second-order valence-electron chi connectivity index (χ2n) is 7.34. The largest absolute Gasteiger partial charge is 0.455 e. The van der Waals surface area contributed by atoms with Gasteiger partial charge in [-0.15, -0.1) is 0 Å². The molecular weight excluding hydrogens is 402 g/mol. The molecule has 1 atom stereocenters. The summed E-state index contributed by atoms with van der Waals surface area (Å²) >= 11 is 0. The van der Waals surface area contributed by atoms with Crippen molar-refractivity contribution in [2.75, 3.05) is 23.4 Å². The van der Waals surface area contributed by atoms with Gasteiger partial charge in [0.2, 0.25) is 5.91 Å². The Morgan fingerprint density at radius 3 is 2.58 bits per heavy atom. The Labute approximate surface area is 179 Å². The fraction of sp³-hybridized carbons (Fsp3) is 0.318. The molecule has 162 valence electrons. The summed E-state index contributed by atoms with van der Waals surface area (Å²) in [6.45, 7) is 3.21. The molecule has 0 aliphatic carbocycles. The van der Waals surface area contributed by atoms with Gasteiger partial charge < -0.3 is 15.0 Å². The molecule has 2 aromatic carbocycles. The summed E-state index contributed by atoms with van der Waals surface area (Å²) in [5.41, 5.74) is 2.47. The molecule has 1 heterocycles. The van der Waals surface area contributed by atoms with Crippen molar-refractivity contribution in [3.8, 4) is 0 Å². The molecule has 31 heavy (non-hydrogen) atoms. The van der Waals surface area contributed by atoms with Crippen LogP contribution in [0.3, 0.4) is 0 Å². The minimum atomic E-state index is -0.746. The second-order valence-corrected chi connectivity index (χ2v) is 7.34. The van der Waals surface area contributed by atoms with Crippen LogP contribution in [0.1, 0.15) is 24.5 Å². The van der Waals surface area contributed by atoms with Crippen LogP contribution in [0, 0.1) is 23.0 Å². The summed E-state index contributed by atoms with van der Waals surface area (Å²) in [5.74, 6) is -2.22. The molecule has 0 saturated carbocycles. The molecule has 0 spiro atoms. The number of carbonyl (C=O) groups is 3. The summed E-state index contributed by atoms with van der Waals surface area (Å²) < 4.78 is 5.08. The second kappa shape index (κ2) is 9.38. The van der Waals surface area contributed by atoms with Gasteiger partial charge in [-0.1, -0.05) is 25.1 Å². The highest BCUT2D eigenvalue weighted by atomic mass is 16.6. The van der Waals surface area contributed by atoms with E-state index in [-0.39, 0.29) is 24.6 Å². The molecule has 3 rings (SSSR count). The number of aryl methyl sites for hydroxylation is 2. The predicted octanol–water partition coefficient (Wildman–Crippen LogP) is 3.00. The van der Waals surface area contributed by atoms with Crippen molar-refractivity contribution < 1.29 is 24.0 Å². The van der Waals surface area contributed by atoms with Crippen LogP contribution in [0.2, 0.25) is 0 Å². The molecule has 0 bridgehead atoms. The number of rotatable bonds is 7. The van der Waals surface area contributed by atoms with Crippen molar-refractivity contribution in [2.45, 2.75) is 26.7 Å². The van der Waals surface area contributed by atoms with Crippen LogP contribution >= 0.6 is 0 Å². The zero-order chi connectivity index (χ0) is 22.5. The summed E-state index contributed by atoms with van der Waals surface area (Å²) in [6.07, 6.45) is 0.805. The number of carbonyl (C=O) groups excluding carboxylic acids is 3. The molecule has 1 aliphatic heterocycles. The Morgan fingerprint density at radius 2 is 1.94 bits per heavy atom. The first kappa shape index (κ1) is 21.9. The summed E-state index contributed by atoms with van der Waals surface area (Å²) in [5, 5.41) is 13.8. The first-order chi connectivity index (χ1) is 14.8. The summed E-state index contributed by atoms with van der Waals surface area (Å²) in [6, 6.07) is 11.8. The number of benzene rings is 2. The van der Waals surface area contributed by atoms with Gasteiger partial charge in [0.1, 0.15) is 0 Å². The van der Waals surface area contributed by atoms with Gasteiger partial charge in [-0.3, -0.25) is 24.5 Å². The van der Waals surface area contributed by atoms with Crippen LogP contribution in [0.5, 0.6) is 0 Å². The van der Waals surface area contributed by atoms with E-state index in [0.717, 1.165) is 12.0 Å². The monoisotopic (exact) mass is 425 g/mol. The van der Waals surface area contributed by atoms with Gasteiger partial charge in [0, 0.05) is 30.3 Å². The number of hydrogen-bond acceptors (Lipinski definition) is 6. The molecule has 0 unspecified atom stereocenters. The number of hydrogen-bond donors (Lipinski definition) is 1. The molecule has 0 aromatic heterocycles. The van der Waals surface area contributed by atoms with E-state index >= 15 is 0 Å². The number of esters is 1. The number of amides is 2. The minimum absolute atomic E-state index is 0.0397. The van der Waals surface area contributed by atoms with Crippen molar-refractivity contribution in [1.82, 2.24) is 0 Å². The van der Waals surface area contributed by atoms with Crippen LogP contribution in [0.15, 0.2) is 42.5 Å². The van der Waals surface area contributed by atoms with Crippen LogP contribution in [0.4, 0.5) is 17.1 Å². The maximum atomic E-state index is 12.4. The van der Waals surface area contributed by atoms with Crippen molar-refractivity contribution in [3.05, 3.63) is 63.7 Å². The molecule has 1 saturated heterocycles. The minimum Gasteiger partial charge on any atom is -0.455 e. The molecular formula is C22H23N3O6. The topological polar surface area (TPSA) is 119 Å². The zero-order valence-electron chi connectivity index (χ0n) is 17.3. The third kappa shape index (κ3) is 5.25. The average Bonchev–Trinajstić information content (AvgIpc) is 3.14. The summed E-state index contributed by atoms with van der Waals surface area (Å²) in [4.78, 5) is 48.7. The number of nitrogens with one attached hydrogen (secondary N) is 1. The van der Waals surface area contributed by atoms with E-state index in [2.05, 4.69) is 5.32 Å². The first-order valence-electron chi connectivity index (χ1n) is 9.89. The third-order valence-corrected chi connectivity index (χ3v) is 5.15. The van der Waals surface area contributed by atoms with Gasteiger partial charge >= 0.3 is 5.97 Å². The lowest BCUT2D eigenvalue weighted by Crippen LogP contribution is -2.28. The Kier molecular flexibility index (Phi) is 6.64. The molecule has 1 N–H and O–H groups in total. The lowest BCUT2D eigenvalue weighted by Gasteiger charge is -2.16. The normalized spacial score (nSPS) is 15.6. The van der Waals surface area contributed by atoms with Gasteiger partial charge in [0.25, 0.3) is 11.6 Å². The highest BCUT2D eigenvalue weighted by molar-refractivity contribution is 6.00. The van der Waals surface area contributed by atoms with Gasteiger partial charge in [0.15, 0.2) is 6.61 Å².